The summed E-state index contributed by atoms with van der Waals surface area (Å²) in [5.74, 6) is 0.763. The second-order valence-corrected chi connectivity index (χ2v) is 9.29. The Balaban J connectivity index is 1.83. The number of ketones is 1. The Morgan fingerprint density at radius 3 is 2.29 bits per heavy atom. The van der Waals surface area contributed by atoms with Crippen LogP contribution in [0, 0.1) is 27.7 Å². The summed E-state index contributed by atoms with van der Waals surface area (Å²) in [6.45, 7) is 7.38. The average molecular weight is 397 g/mol. The zero-order chi connectivity index (χ0) is 20.2. The number of sulfonamides is 1. The average Bonchev–Trinajstić information content (AvgIpc) is 2.92. The smallest absolute Gasteiger partial charge is 0.262 e. The first-order valence-corrected chi connectivity index (χ1v) is 10.9. The predicted molar refractivity (Wildman–Crippen MR) is 110 cm³/mol. The number of rotatable bonds is 3. The van der Waals surface area contributed by atoms with E-state index in [0.29, 0.717) is 50.4 Å². The van der Waals surface area contributed by atoms with Crippen LogP contribution in [0.25, 0.3) is 11.0 Å². The third kappa shape index (κ3) is 3.02. The lowest BCUT2D eigenvalue weighted by Gasteiger charge is -2.15. The molecule has 0 saturated carbocycles. The van der Waals surface area contributed by atoms with E-state index in [9.17, 15) is 13.2 Å². The third-order valence-electron chi connectivity index (χ3n) is 5.31. The van der Waals surface area contributed by atoms with Crippen molar-refractivity contribution in [2.75, 3.05) is 4.72 Å². The van der Waals surface area contributed by atoms with E-state index in [-0.39, 0.29) is 5.78 Å². The number of Topliss-reactive ketones (excluding diaryl/α,β-unsaturated/α-hetero) is 1. The molecule has 1 aliphatic rings. The highest BCUT2D eigenvalue weighted by molar-refractivity contribution is 7.92. The highest BCUT2D eigenvalue weighted by Crippen LogP contribution is 2.36. The Hall–Kier alpha value is -2.60. The molecule has 0 aliphatic heterocycles. The SMILES string of the molecule is Cc1cc(C)c(S(=O)(=O)Nc2cc3c4c(oc3cc2C)CCCC4=O)c(C)c1. The van der Waals surface area contributed by atoms with Gasteiger partial charge in [-0.1, -0.05) is 17.7 Å². The number of aryl methyl sites for hydroxylation is 5. The molecule has 4 rings (SSSR count). The minimum Gasteiger partial charge on any atom is -0.460 e. The maximum absolute atomic E-state index is 13.1. The molecule has 2 aromatic carbocycles. The molecule has 3 aromatic rings. The van der Waals surface area contributed by atoms with E-state index in [0.717, 1.165) is 24.0 Å². The number of furan rings is 1. The van der Waals surface area contributed by atoms with Crippen molar-refractivity contribution < 1.29 is 17.6 Å². The van der Waals surface area contributed by atoms with Gasteiger partial charge in [-0.3, -0.25) is 9.52 Å². The summed E-state index contributed by atoms with van der Waals surface area (Å²) in [4.78, 5) is 12.7. The largest absolute Gasteiger partial charge is 0.460 e. The van der Waals surface area contributed by atoms with Crippen LogP contribution in [0.2, 0.25) is 0 Å². The number of hydrogen-bond acceptors (Lipinski definition) is 4. The van der Waals surface area contributed by atoms with Gasteiger partial charge in [0.25, 0.3) is 10.0 Å². The Bertz CT molecular complexity index is 1210. The summed E-state index contributed by atoms with van der Waals surface area (Å²) < 4.78 is 34.9. The van der Waals surface area contributed by atoms with Crippen LogP contribution in [-0.4, -0.2) is 14.2 Å². The van der Waals surface area contributed by atoms with Crippen LogP contribution in [0.1, 0.15) is 51.2 Å². The van der Waals surface area contributed by atoms with Gasteiger partial charge >= 0.3 is 0 Å². The zero-order valence-electron chi connectivity index (χ0n) is 16.5. The molecule has 1 N–H and O–H groups in total. The third-order valence-corrected chi connectivity index (χ3v) is 6.98. The molecule has 1 heterocycles. The molecular weight excluding hydrogens is 374 g/mol. The molecule has 0 radical (unpaired) electrons. The van der Waals surface area contributed by atoms with Gasteiger partial charge in [-0.25, -0.2) is 8.42 Å². The van der Waals surface area contributed by atoms with E-state index in [2.05, 4.69) is 4.72 Å². The van der Waals surface area contributed by atoms with Gasteiger partial charge in [-0.05, 0) is 62.9 Å². The van der Waals surface area contributed by atoms with E-state index in [4.69, 9.17) is 4.42 Å². The number of fused-ring (bicyclic) bond motifs is 3. The minimum absolute atomic E-state index is 0.0582. The fraction of sp³-hybridized carbons (Fsp3) is 0.318. The van der Waals surface area contributed by atoms with Crippen molar-refractivity contribution in [2.45, 2.75) is 51.9 Å². The zero-order valence-corrected chi connectivity index (χ0v) is 17.3. The number of anilines is 1. The summed E-state index contributed by atoms with van der Waals surface area (Å²) >= 11 is 0. The summed E-state index contributed by atoms with van der Waals surface area (Å²) in [6.07, 6.45) is 2.02. The Morgan fingerprint density at radius 1 is 0.929 bits per heavy atom. The molecule has 0 spiro atoms. The maximum Gasteiger partial charge on any atom is 0.262 e. The molecule has 1 aromatic heterocycles. The van der Waals surface area contributed by atoms with E-state index in [1.807, 2.05) is 26.0 Å². The molecule has 146 valence electrons. The van der Waals surface area contributed by atoms with E-state index in [1.54, 1.807) is 26.0 Å². The predicted octanol–water partition coefficient (Wildman–Crippen LogP) is 4.99. The van der Waals surface area contributed by atoms with Crippen LogP contribution in [0.3, 0.4) is 0 Å². The molecule has 1 aliphatic carbocycles. The Morgan fingerprint density at radius 2 is 1.61 bits per heavy atom. The van der Waals surface area contributed by atoms with Crippen LogP contribution in [0.4, 0.5) is 5.69 Å². The van der Waals surface area contributed by atoms with Crippen molar-refractivity contribution in [3.8, 4) is 0 Å². The Labute approximate surface area is 164 Å². The fourth-order valence-corrected chi connectivity index (χ4v) is 5.78. The normalized spacial score (nSPS) is 14.4. The van der Waals surface area contributed by atoms with Crippen molar-refractivity contribution in [3.05, 3.63) is 57.8 Å². The molecule has 0 amide bonds. The highest BCUT2D eigenvalue weighted by atomic mass is 32.2. The van der Waals surface area contributed by atoms with Crippen LogP contribution < -0.4 is 4.72 Å². The number of carbonyl (C=O) groups is 1. The standard InChI is InChI=1S/C22H23NO4S/c1-12-8-14(3)22(15(4)9-12)28(25,26)23-17-11-16-20(10-13(17)2)27-19-7-5-6-18(24)21(16)19/h8-11,23H,5-7H2,1-4H3. The highest BCUT2D eigenvalue weighted by Gasteiger charge is 2.26. The minimum atomic E-state index is -3.77. The fourth-order valence-electron chi connectivity index (χ4n) is 4.21. The first-order chi connectivity index (χ1) is 13.2. The van der Waals surface area contributed by atoms with Crippen molar-refractivity contribution in [2.24, 2.45) is 0 Å². The van der Waals surface area contributed by atoms with Crippen LogP contribution >= 0.6 is 0 Å². The van der Waals surface area contributed by atoms with Crippen LogP contribution in [0.15, 0.2) is 33.6 Å². The summed E-state index contributed by atoms with van der Waals surface area (Å²) in [7, 11) is -3.77. The van der Waals surface area contributed by atoms with Gasteiger partial charge in [0, 0.05) is 18.2 Å². The molecule has 0 unspecified atom stereocenters. The van der Waals surface area contributed by atoms with Gasteiger partial charge in [0.2, 0.25) is 0 Å². The molecule has 0 saturated heterocycles. The van der Waals surface area contributed by atoms with Gasteiger partial charge in [0.15, 0.2) is 5.78 Å². The van der Waals surface area contributed by atoms with Gasteiger partial charge < -0.3 is 4.42 Å². The molecule has 0 fully saturated rings. The lowest BCUT2D eigenvalue weighted by Crippen LogP contribution is -2.16. The van der Waals surface area contributed by atoms with E-state index < -0.39 is 10.0 Å². The lowest BCUT2D eigenvalue weighted by molar-refractivity contribution is 0.0971. The van der Waals surface area contributed by atoms with Gasteiger partial charge in [0.1, 0.15) is 11.3 Å². The van der Waals surface area contributed by atoms with Crippen LogP contribution in [0.5, 0.6) is 0 Å². The quantitative estimate of drug-likeness (QED) is 0.676. The molecule has 28 heavy (non-hydrogen) atoms. The number of nitrogens with one attached hydrogen (secondary N) is 1. The lowest BCUT2D eigenvalue weighted by atomic mass is 9.94. The first kappa shape index (κ1) is 18.7. The first-order valence-electron chi connectivity index (χ1n) is 9.37. The van der Waals surface area contributed by atoms with Gasteiger partial charge in [0.05, 0.1) is 16.1 Å². The van der Waals surface area contributed by atoms with Crippen molar-refractivity contribution in [1.29, 1.82) is 0 Å². The Kier molecular flexibility index (Phi) is 4.34. The van der Waals surface area contributed by atoms with Crippen molar-refractivity contribution >= 4 is 32.5 Å². The topological polar surface area (TPSA) is 76.4 Å². The number of hydrogen-bond donors (Lipinski definition) is 1. The maximum atomic E-state index is 13.1. The monoisotopic (exact) mass is 397 g/mol. The van der Waals surface area contributed by atoms with Crippen molar-refractivity contribution in [1.82, 2.24) is 0 Å². The van der Waals surface area contributed by atoms with Gasteiger partial charge in [-0.2, -0.15) is 0 Å². The van der Waals surface area contributed by atoms with Gasteiger partial charge in [-0.15, -0.1) is 0 Å². The summed E-state index contributed by atoms with van der Waals surface area (Å²) in [5, 5.41) is 0.681. The molecule has 0 bridgehead atoms. The summed E-state index contributed by atoms with van der Waals surface area (Å²) in [6, 6.07) is 7.26. The molecule has 0 atom stereocenters. The van der Waals surface area contributed by atoms with E-state index in [1.165, 1.54) is 0 Å². The molecular formula is C22H23NO4S. The van der Waals surface area contributed by atoms with Crippen molar-refractivity contribution in [3.63, 3.8) is 0 Å². The second kappa shape index (κ2) is 6.48. The second-order valence-electron chi connectivity index (χ2n) is 7.67. The number of carbonyl (C=O) groups excluding carboxylic acids is 1. The number of benzene rings is 2. The van der Waals surface area contributed by atoms with E-state index >= 15 is 0 Å². The molecule has 6 heteroatoms. The van der Waals surface area contributed by atoms with Crippen LogP contribution in [-0.2, 0) is 16.4 Å². The molecule has 5 nitrogen and oxygen atoms in total. The summed E-state index contributed by atoms with van der Waals surface area (Å²) in [5.41, 5.74) is 4.88.